The molecule has 6 heteroatoms. The van der Waals surface area contributed by atoms with Crippen molar-refractivity contribution in [3.05, 3.63) is 77.7 Å². The third-order valence-electron chi connectivity index (χ3n) is 4.02. The number of halogens is 1. The van der Waals surface area contributed by atoms with Crippen LogP contribution in [-0.4, -0.2) is 27.7 Å². The number of amides is 1. The second kappa shape index (κ2) is 7.43. The lowest BCUT2D eigenvalue weighted by atomic mass is 10.0. The molecule has 0 fully saturated rings. The van der Waals surface area contributed by atoms with Gasteiger partial charge in [-0.15, -0.1) is 0 Å². The summed E-state index contributed by atoms with van der Waals surface area (Å²) in [6.07, 6.45) is -1.13. The van der Waals surface area contributed by atoms with Crippen LogP contribution in [0.2, 0.25) is 0 Å². The van der Waals surface area contributed by atoms with Gasteiger partial charge in [-0.1, -0.05) is 36.4 Å². The number of carbonyl (C=O) groups excluding carboxylic acids is 1. The first kappa shape index (κ1) is 17.7. The van der Waals surface area contributed by atoms with Gasteiger partial charge in [0.1, 0.15) is 17.6 Å². The molecule has 0 aliphatic heterocycles. The molecule has 0 saturated carbocycles. The van der Waals surface area contributed by atoms with E-state index in [0.29, 0.717) is 16.8 Å². The minimum Gasteiger partial charge on any atom is -0.393 e. The Morgan fingerprint density at radius 3 is 2.08 bits per heavy atom. The highest BCUT2D eigenvalue weighted by Crippen LogP contribution is 2.26. The normalized spacial score (nSPS) is 12.0. The van der Waals surface area contributed by atoms with Gasteiger partial charge in [-0.3, -0.25) is 4.79 Å². The zero-order valence-electron chi connectivity index (χ0n) is 13.8. The Kier molecular flexibility index (Phi) is 5.06. The number of aliphatic hydroxyl groups excluding tert-OH is 2. The molecular weight excluding hydrogens is 335 g/mol. The van der Waals surface area contributed by atoms with Gasteiger partial charge in [0.05, 0.1) is 12.3 Å². The van der Waals surface area contributed by atoms with Crippen LogP contribution in [0.5, 0.6) is 0 Å². The highest BCUT2D eigenvalue weighted by Gasteiger charge is 2.14. The second-order valence-corrected chi connectivity index (χ2v) is 5.82. The van der Waals surface area contributed by atoms with Gasteiger partial charge in [0.15, 0.2) is 0 Å². The van der Waals surface area contributed by atoms with Crippen LogP contribution in [0.1, 0.15) is 22.2 Å². The number of nitrogens with two attached hydrogens (primary N) is 1. The number of carbonyl (C=O) groups is 1. The fraction of sp³-hybridized carbons (Fsp3) is 0.100. The molecule has 1 heterocycles. The minimum absolute atomic E-state index is 0.00705. The van der Waals surface area contributed by atoms with E-state index in [1.807, 2.05) is 12.1 Å². The van der Waals surface area contributed by atoms with E-state index >= 15 is 0 Å². The standard InChI is InChI=1S/C20H17FN2O3/c21-16-7-5-13(6-8-16)12-1-3-14(4-2-12)17-9-15(19(25)11-24)10-18(23-17)20(22)26/h1-10,19,24-25H,11H2,(H2,22,26)/t19-/m1/s1. The fourth-order valence-corrected chi connectivity index (χ4v) is 2.60. The monoisotopic (exact) mass is 352 g/mol. The molecule has 0 radical (unpaired) electrons. The Morgan fingerprint density at radius 2 is 1.54 bits per heavy atom. The summed E-state index contributed by atoms with van der Waals surface area (Å²) < 4.78 is 13.0. The van der Waals surface area contributed by atoms with Crippen molar-refractivity contribution in [1.29, 1.82) is 0 Å². The maximum atomic E-state index is 13.0. The highest BCUT2D eigenvalue weighted by molar-refractivity contribution is 5.91. The Bertz CT molecular complexity index is 925. The molecule has 1 amide bonds. The van der Waals surface area contributed by atoms with Crippen molar-refractivity contribution in [3.63, 3.8) is 0 Å². The van der Waals surface area contributed by atoms with Crippen LogP contribution in [0.4, 0.5) is 4.39 Å². The van der Waals surface area contributed by atoms with Crippen LogP contribution >= 0.6 is 0 Å². The number of aliphatic hydroxyl groups is 2. The molecule has 4 N–H and O–H groups in total. The van der Waals surface area contributed by atoms with Gasteiger partial charge < -0.3 is 15.9 Å². The van der Waals surface area contributed by atoms with Crippen molar-refractivity contribution < 1.29 is 19.4 Å². The van der Waals surface area contributed by atoms with Gasteiger partial charge in [0.2, 0.25) is 0 Å². The second-order valence-electron chi connectivity index (χ2n) is 5.82. The van der Waals surface area contributed by atoms with Crippen molar-refractivity contribution in [2.45, 2.75) is 6.10 Å². The summed E-state index contributed by atoms with van der Waals surface area (Å²) in [4.78, 5) is 15.7. The average Bonchev–Trinajstić information content (AvgIpc) is 2.67. The smallest absolute Gasteiger partial charge is 0.267 e. The lowest BCUT2D eigenvalue weighted by Gasteiger charge is -2.11. The molecule has 0 spiro atoms. The van der Waals surface area contributed by atoms with Crippen LogP contribution in [0.3, 0.4) is 0 Å². The number of hydrogen-bond donors (Lipinski definition) is 3. The number of rotatable bonds is 5. The van der Waals surface area contributed by atoms with E-state index in [0.717, 1.165) is 11.1 Å². The summed E-state index contributed by atoms with van der Waals surface area (Å²) in [6, 6.07) is 16.4. The molecule has 132 valence electrons. The number of primary amides is 1. The summed E-state index contributed by atoms with van der Waals surface area (Å²) in [7, 11) is 0. The first-order valence-electron chi connectivity index (χ1n) is 7.95. The molecule has 26 heavy (non-hydrogen) atoms. The first-order chi connectivity index (χ1) is 12.5. The Morgan fingerprint density at radius 1 is 1.00 bits per heavy atom. The third-order valence-corrected chi connectivity index (χ3v) is 4.02. The summed E-state index contributed by atoms with van der Waals surface area (Å²) in [5, 5.41) is 19.0. The topological polar surface area (TPSA) is 96.4 Å². The van der Waals surface area contributed by atoms with E-state index in [2.05, 4.69) is 4.98 Å². The van der Waals surface area contributed by atoms with E-state index in [4.69, 9.17) is 10.8 Å². The number of benzene rings is 2. The molecule has 0 unspecified atom stereocenters. The number of nitrogens with zero attached hydrogens (tertiary/aromatic N) is 1. The fourth-order valence-electron chi connectivity index (χ4n) is 2.60. The molecule has 0 saturated heterocycles. The van der Waals surface area contributed by atoms with Crippen LogP contribution < -0.4 is 5.73 Å². The molecule has 2 aromatic carbocycles. The number of hydrogen-bond acceptors (Lipinski definition) is 4. The molecular formula is C20H17FN2O3. The Hall–Kier alpha value is -3.09. The summed E-state index contributed by atoms with van der Waals surface area (Å²) in [6.45, 7) is -0.481. The van der Waals surface area contributed by atoms with Gasteiger partial charge >= 0.3 is 0 Å². The number of aromatic nitrogens is 1. The van der Waals surface area contributed by atoms with Crippen molar-refractivity contribution in [1.82, 2.24) is 4.98 Å². The summed E-state index contributed by atoms with van der Waals surface area (Å²) in [5.74, 6) is -1.02. The molecule has 1 aromatic heterocycles. The summed E-state index contributed by atoms with van der Waals surface area (Å²) >= 11 is 0. The van der Waals surface area contributed by atoms with E-state index in [1.54, 1.807) is 30.3 Å². The van der Waals surface area contributed by atoms with Crippen molar-refractivity contribution in [2.75, 3.05) is 6.61 Å². The van der Waals surface area contributed by atoms with Crippen LogP contribution in [0, 0.1) is 5.82 Å². The highest BCUT2D eigenvalue weighted by atomic mass is 19.1. The zero-order valence-corrected chi connectivity index (χ0v) is 13.8. The lowest BCUT2D eigenvalue weighted by Crippen LogP contribution is -2.15. The SMILES string of the molecule is NC(=O)c1cc([C@H](O)CO)cc(-c2ccc(-c3ccc(F)cc3)cc2)n1. The van der Waals surface area contributed by atoms with Gasteiger partial charge in [-0.05, 0) is 41.0 Å². The molecule has 3 rings (SSSR count). The van der Waals surface area contributed by atoms with Crippen molar-refractivity contribution in [3.8, 4) is 22.4 Å². The third kappa shape index (κ3) is 3.77. The molecule has 1 atom stereocenters. The van der Waals surface area contributed by atoms with E-state index in [9.17, 15) is 14.3 Å². The van der Waals surface area contributed by atoms with E-state index in [-0.39, 0.29) is 11.5 Å². The van der Waals surface area contributed by atoms with Gasteiger partial charge in [-0.2, -0.15) is 0 Å². The Labute approximate surface area is 149 Å². The maximum absolute atomic E-state index is 13.0. The van der Waals surface area contributed by atoms with Gasteiger partial charge in [-0.25, -0.2) is 9.37 Å². The van der Waals surface area contributed by atoms with Crippen LogP contribution in [0.25, 0.3) is 22.4 Å². The van der Waals surface area contributed by atoms with Crippen LogP contribution in [-0.2, 0) is 0 Å². The predicted octanol–water partition coefficient (Wildman–Crippen LogP) is 2.68. The van der Waals surface area contributed by atoms with Gasteiger partial charge in [0, 0.05) is 5.56 Å². The predicted molar refractivity (Wildman–Crippen MR) is 95.6 cm³/mol. The summed E-state index contributed by atoms with van der Waals surface area (Å²) in [5.41, 5.74) is 8.60. The lowest BCUT2D eigenvalue weighted by molar-refractivity contribution is 0.0948. The minimum atomic E-state index is -1.13. The Balaban J connectivity index is 1.99. The average molecular weight is 352 g/mol. The van der Waals surface area contributed by atoms with Crippen molar-refractivity contribution >= 4 is 5.91 Å². The number of pyridine rings is 1. The zero-order chi connectivity index (χ0) is 18.7. The van der Waals surface area contributed by atoms with Gasteiger partial charge in [0.25, 0.3) is 5.91 Å². The van der Waals surface area contributed by atoms with E-state index < -0.39 is 18.6 Å². The quantitative estimate of drug-likeness (QED) is 0.658. The molecule has 0 bridgehead atoms. The molecule has 0 aliphatic rings. The first-order valence-corrected chi connectivity index (χ1v) is 7.95. The molecule has 3 aromatic rings. The largest absolute Gasteiger partial charge is 0.393 e. The molecule has 5 nitrogen and oxygen atoms in total. The van der Waals surface area contributed by atoms with Crippen molar-refractivity contribution in [2.24, 2.45) is 5.73 Å². The maximum Gasteiger partial charge on any atom is 0.267 e. The van der Waals surface area contributed by atoms with Crippen LogP contribution in [0.15, 0.2) is 60.7 Å². The molecule has 0 aliphatic carbocycles. The van der Waals surface area contributed by atoms with E-state index in [1.165, 1.54) is 18.2 Å².